The van der Waals surface area contributed by atoms with Crippen LogP contribution >= 0.6 is 11.6 Å². The van der Waals surface area contributed by atoms with Crippen LogP contribution in [0, 0.1) is 5.82 Å². The quantitative estimate of drug-likeness (QED) is 0.882. The first kappa shape index (κ1) is 14.3. The van der Waals surface area contributed by atoms with Crippen LogP contribution in [0.1, 0.15) is 15.9 Å². The van der Waals surface area contributed by atoms with Gasteiger partial charge >= 0.3 is 0 Å². The van der Waals surface area contributed by atoms with Gasteiger partial charge in [-0.25, -0.2) is 4.39 Å². The first-order valence-electron chi connectivity index (χ1n) is 6.03. The van der Waals surface area contributed by atoms with Crippen molar-refractivity contribution in [2.75, 3.05) is 12.8 Å². The lowest BCUT2D eigenvalue weighted by molar-refractivity contribution is 0.0785. The van der Waals surface area contributed by atoms with E-state index in [4.69, 9.17) is 17.3 Å². The summed E-state index contributed by atoms with van der Waals surface area (Å²) in [5.41, 5.74) is 6.88. The van der Waals surface area contributed by atoms with Crippen LogP contribution < -0.4 is 5.73 Å². The van der Waals surface area contributed by atoms with Gasteiger partial charge in [0.15, 0.2) is 0 Å². The van der Waals surface area contributed by atoms with Gasteiger partial charge in [-0.1, -0.05) is 29.8 Å². The molecule has 2 aromatic rings. The predicted molar refractivity (Wildman–Crippen MR) is 78.1 cm³/mol. The molecule has 0 aliphatic heterocycles. The number of hydrogen-bond donors (Lipinski definition) is 1. The summed E-state index contributed by atoms with van der Waals surface area (Å²) in [6.07, 6.45) is 0. The van der Waals surface area contributed by atoms with E-state index in [1.807, 2.05) is 0 Å². The highest BCUT2D eigenvalue weighted by Crippen LogP contribution is 2.20. The molecular formula is C15H14ClFN2O. The van der Waals surface area contributed by atoms with Crippen LogP contribution in [0.4, 0.5) is 10.1 Å². The van der Waals surface area contributed by atoms with Gasteiger partial charge in [-0.15, -0.1) is 0 Å². The van der Waals surface area contributed by atoms with E-state index in [1.165, 1.54) is 17.0 Å². The molecule has 0 heterocycles. The molecule has 104 valence electrons. The minimum atomic E-state index is -0.341. The summed E-state index contributed by atoms with van der Waals surface area (Å²) in [6.45, 7) is 0.164. The number of carbonyl (C=O) groups excluding carboxylic acids is 1. The Morgan fingerprint density at radius 1 is 1.30 bits per heavy atom. The molecule has 1 amide bonds. The van der Waals surface area contributed by atoms with Crippen LogP contribution in [-0.4, -0.2) is 17.9 Å². The van der Waals surface area contributed by atoms with Gasteiger partial charge in [-0.2, -0.15) is 0 Å². The fourth-order valence-corrected chi connectivity index (χ4v) is 2.05. The Labute approximate surface area is 121 Å². The van der Waals surface area contributed by atoms with Gasteiger partial charge in [0.05, 0.1) is 5.56 Å². The molecule has 0 bridgehead atoms. The van der Waals surface area contributed by atoms with Gasteiger partial charge in [-0.3, -0.25) is 4.79 Å². The van der Waals surface area contributed by atoms with Crippen LogP contribution in [0.5, 0.6) is 0 Å². The number of rotatable bonds is 3. The molecule has 5 heteroatoms. The van der Waals surface area contributed by atoms with E-state index < -0.39 is 0 Å². The smallest absolute Gasteiger partial charge is 0.256 e. The molecule has 0 saturated carbocycles. The molecule has 2 aromatic carbocycles. The van der Waals surface area contributed by atoms with E-state index in [-0.39, 0.29) is 18.3 Å². The molecule has 0 spiro atoms. The number of amides is 1. The average molecular weight is 293 g/mol. The summed E-state index contributed by atoms with van der Waals surface area (Å²) < 4.78 is 13.6. The van der Waals surface area contributed by atoms with Crippen molar-refractivity contribution in [2.45, 2.75) is 6.54 Å². The third kappa shape index (κ3) is 3.08. The summed E-state index contributed by atoms with van der Waals surface area (Å²) in [7, 11) is 1.59. The minimum absolute atomic E-state index is 0.164. The maximum Gasteiger partial charge on any atom is 0.256 e. The fourth-order valence-electron chi connectivity index (χ4n) is 1.87. The number of halogens is 2. The Hall–Kier alpha value is -2.07. The van der Waals surface area contributed by atoms with Crippen molar-refractivity contribution < 1.29 is 9.18 Å². The van der Waals surface area contributed by atoms with Crippen molar-refractivity contribution in [1.82, 2.24) is 4.90 Å². The standard InChI is InChI=1S/C15H14ClFN2O/c1-19(9-10-4-2-3-5-13(10)17)15(20)12-8-11(16)6-7-14(12)18/h2-8H,9,18H2,1H3. The normalized spacial score (nSPS) is 10.3. The van der Waals surface area contributed by atoms with Crippen molar-refractivity contribution in [1.29, 1.82) is 0 Å². The van der Waals surface area contributed by atoms with Crippen molar-refractivity contribution >= 4 is 23.2 Å². The molecule has 0 aromatic heterocycles. The highest BCUT2D eigenvalue weighted by Gasteiger charge is 2.16. The zero-order valence-corrected chi connectivity index (χ0v) is 11.7. The molecule has 0 atom stereocenters. The monoisotopic (exact) mass is 292 g/mol. The number of hydrogen-bond acceptors (Lipinski definition) is 2. The number of benzene rings is 2. The van der Waals surface area contributed by atoms with E-state index in [0.29, 0.717) is 21.8 Å². The molecule has 0 unspecified atom stereocenters. The minimum Gasteiger partial charge on any atom is -0.398 e. The zero-order chi connectivity index (χ0) is 14.7. The molecule has 0 radical (unpaired) electrons. The molecular weight excluding hydrogens is 279 g/mol. The lowest BCUT2D eigenvalue weighted by atomic mass is 10.1. The van der Waals surface area contributed by atoms with Gasteiger partial charge < -0.3 is 10.6 Å². The van der Waals surface area contributed by atoms with Gasteiger partial charge in [-0.05, 0) is 24.3 Å². The number of anilines is 1. The van der Waals surface area contributed by atoms with Crippen molar-refractivity contribution in [2.24, 2.45) is 0 Å². The molecule has 0 fully saturated rings. The highest BCUT2D eigenvalue weighted by atomic mass is 35.5. The topological polar surface area (TPSA) is 46.3 Å². The Morgan fingerprint density at radius 2 is 2.00 bits per heavy atom. The average Bonchev–Trinajstić information content (AvgIpc) is 2.43. The second-order valence-corrected chi connectivity index (χ2v) is 4.92. The summed E-state index contributed by atoms with van der Waals surface area (Å²) >= 11 is 5.86. The number of nitrogens with two attached hydrogens (primary N) is 1. The third-order valence-electron chi connectivity index (χ3n) is 2.96. The molecule has 20 heavy (non-hydrogen) atoms. The first-order chi connectivity index (χ1) is 9.49. The third-order valence-corrected chi connectivity index (χ3v) is 3.19. The van der Waals surface area contributed by atoms with E-state index in [2.05, 4.69) is 0 Å². The number of nitrogens with zero attached hydrogens (tertiary/aromatic N) is 1. The molecule has 0 saturated heterocycles. The molecule has 0 aliphatic carbocycles. The van der Waals surface area contributed by atoms with Gasteiger partial charge in [0.25, 0.3) is 5.91 Å². The van der Waals surface area contributed by atoms with Crippen molar-refractivity contribution in [3.05, 3.63) is 64.4 Å². The van der Waals surface area contributed by atoms with E-state index in [1.54, 1.807) is 37.4 Å². The summed E-state index contributed by atoms with van der Waals surface area (Å²) in [6, 6.07) is 11.0. The van der Waals surface area contributed by atoms with Crippen LogP contribution in [0.15, 0.2) is 42.5 Å². The molecule has 3 nitrogen and oxygen atoms in total. The van der Waals surface area contributed by atoms with E-state index in [0.717, 1.165) is 0 Å². The van der Waals surface area contributed by atoms with Crippen molar-refractivity contribution in [3.8, 4) is 0 Å². The lowest BCUT2D eigenvalue weighted by Crippen LogP contribution is -2.27. The van der Waals surface area contributed by atoms with Crippen LogP contribution in [0.3, 0.4) is 0 Å². The molecule has 2 N–H and O–H groups in total. The van der Waals surface area contributed by atoms with Gasteiger partial charge in [0.2, 0.25) is 0 Å². The Kier molecular flexibility index (Phi) is 4.25. The number of nitrogen functional groups attached to an aromatic ring is 1. The maximum atomic E-state index is 13.6. The number of carbonyl (C=O) groups is 1. The summed E-state index contributed by atoms with van der Waals surface area (Å²) in [5.74, 6) is -0.639. The molecule has 0 aliphatic rings. The molecule has 2 rings (SSSR count). The van der Waals surface area contributed by atoms with Gasteiger partial charge in [0, 0.05) is 29.9 Å². The summed E-state index contributed by atoms with van der Waals surface area (Å²) in [5, 5.41) is 0.432. The van der Waals surface area contributed by atoms with Crippen LogP contribution in [0.25, 0.3) is 0 Å². The summed E-state index contributed by atoms with van der Waals surface area (Å²) in [4.78, 5) is 13.7. The Morgan fingerprint density at radius 3 is 2.70 bits per heavy atom. The van der Waals surface area contributed by atoms with Gasteiger partial charge in [0.1, 0.15) is 5.82 Å². The lowest BCUT2D eigenvalue weighted by Gasteiger charge is -2.18. The Bertz CT molecular complexity index is 646. The van der Waals surface area contributed by atoms with E-state index in [9.17, 15) is 9.18 Å². The first-order valence-corrected chi connectivity index (χ1v) is 6.40. The Balaban J connectivity index is 2.21. The van der Waals surface area contributed by atoms with Crippen LogP contribution in [0.2, 0.25) is 5.02 Å². The largest absolute Gasteiger partial charge is 0.398 e. The maximum absolute atomic E-state index is 13.6. The van der Waals surface area contributed by atoms with Crippen LogP contribution in [-0.2, 0) is 6.54 Å². The predicted octanol–water partition coefficient (Wildman–Crippen LogP) is 3.33. The van der Waals surface area contributed by atoms with E-state index >= 15 is 0 Å². The van der Waals surface area contributed by atoms with Crippen molar-refractivity contribution in [3.63, 3.8) is 0 Å². The second kappa shape index (κ2) is 5.92. The second-order valence-electron chi connectivity index (χ2n) is 4.48. The fraction of sp³-hybridized carbons (Fsp3) is 0.133. The zero-order valence-electron chi connectivity index (χ0n) is 10.9. The SMILES string of the molecule is CN(Cc1ccccc1F)C(=O)c1cc(Cl)ccc1N. The highest BCUT2D eigenvalue weighted by molar-refractivity contribution is 6.31.